The first-order chi connectivity index (χ1) is 18.3. The Bertz CT molecular complexity index is 1470. The quantitative estimate of drug-likeness (QED) is 0.312. The summed E-state index contributed by atoms with van der Waals surface area (Å²) >= 11 is 0. The Morgan fingerprint density at radius 3 is 1.89 bits per heavy atom. The van der Waals surface area contributed by atoms with Crippen LogP contribution in [0.1, 0.15) is 11.1 Å². The number of sulfonamides is 1. The molecule has 0 saturated heterocycles. The highest BCUT2D eigenvalue weighted by atomic mass is 32.2. The highest BCUT2D eigenvalue weighted by Crippen LogP contribution is 2.21. The van der Waals surface area contributed by atoms with Crippen LogP contribution in [0.5, 0.6) is 5.75 Å². The predicted octanol–water partition coefficient (Wildman–Crippen LogP) is 4.44. The van der Waals surface area contributed by atoms with Crippen LogP contribution in [-0.2, 0) is 32.6 Å². The van der Waals surface area contributed by atoms with Gasteiger partial charge in [0.1, 0.15) is 12.4 Å². The Labute approximate surface area is 221 Å². The number of carbonyl (C=O) groups excluding carboxylic acids is 2. The molecule has 8 nitrogen and oxygen atoms in total. The molecule has 1 unspecified atom stereocenters. The fraction of sp³-hybridized carbons (Fsp3) is 0.103. The fourth-order valence-corrected chi connectivity index (χ4v) is 4.74. The van der Waals surface area contributed by atoms with Gasteiger partial charge in [-0.15, -0.1) is 0 Å². The maximum atomic E-state index is 12.7. The van der Waals surface area contributed by atoms with Gasteiger partial charge in [-0.2, -0.15) is 0 Å². The van der Waals surface area contributed by atoms with Crippen molar-refractivity contribution in [2.45, 2.75) is 24.0 Å². The summed E-state index contributed by atoms with van der Waals surface area (Å²) in [7, 11) is -4.14. The maximum absolute atomic E-state index is 12.7. The molecule has 9 heteroatoms. The molecule has 1 atom stereocenters. The zero-order valence-corrected chi connectivity index (χ0v) is 21.1. The lowest BCUT2D eigenvalue weighted by Gasteiger charge is -2.17. The standard InChI is InChI=1S/C29H26N2O6S/c30-29(33)37-27(28(32)31-38(34,35)26-9-5-2-6-10-26)19-21-13-17-25(18-14-21)36-20-22-11-15-24(16-12-22)23-7-3-1-4-8-23/h1-18,27H,19-20H2,(H2,30,33)(H,31,32). The summed E-state index contributed by atoms with van der Waals surface area (Å²) in [6.45, 7) is 0.363. The van der Waals surface area contributed by atoms with E-state index in [9.17, 15) is 18.0 Å². The second-order valence-corrected chi connectivity index (χ2v) is 10.1. The number of amides is 2. The molecular weight excluding hydrogens is 504 g/mol. The van der Waals surface area contributed by atoms with Crippen LogP contribution in [0.4, 0.5) is 4.79 Å². The van der Waals surface area contributed by atoms with E-state index in [-0.39, 0.29) is 11.3 Å². The van der Waals surface area contributed by atoms with Crippen LogP contribution in [0.2, 0.25) is 0 Å². The van der Waals surface area contributed by atoms with E-state index in [0.717, 1.165) is 16.7 Å². The van der Waals surface area contributed by atoms with Gasteiger partial charge in [-0.25, -0.2) is 17.9 Å². The average molecular weight is 531 g/mol. The van der Waals surface area contributed by atoms with Crippen LogP contribution in [0.15, 0.2) is 114 Å². The second kappa shape index (κ2) is 12.1. The summed E-state index contributed by atoms with van der Waals surface area (Å²) in [6.07, 6.45) is -2.72. The zero-order valence-electron chi connectivity index (χ0n) is 20.3. The molecule has 0 aliphatic rings. The van der Waals surface area contributed by atoms with Crippen LogP contribution in [0.25, 0.3) is 11.1 Å². The van der Waals surface area contributed by atoms with E-state index < -0.39 is 28.1 Å². The van der Waals surface area contributed by atoms with Gasteiger partial charge in [-0.05, 0) is 46.5 Å². The van der Waals surface area contributed by atoms with E-state index >= 15 is 0 Å². The number of ether oxygens (including phenoxy) is 2. The molecule has 0 heterocycles. The van der Waals surface area contributed by atoms with Gasteiger partial charge in [0.25, 0.3) is 15.9 Å². The first-order valence-electron chi connectivity index (χ1n) is 11.7. The number of nitrogens with one attached hydrogen (secondary N) is 1. The lowest BCUT2D eigenvalue weighted by molar-refractivity contribution is -0.127. The van der Waals surface area contributed by atoms with Crippen molar-refractivity contribution in [1.29, 1.82) is 0 Å². The Kier molecular flexibility index (Phi) is 8.40. The molecule has 3 N–H and O–H groups in total. The van der Waals surface area contributed by atoms with Crippen LogP contribution < -0.4 is 15.2 Å². The molecule has 0 aromatic heterocycles. The zero-order chi connectivity index (χ0) is 27.0. The molecule has 0 aliphatic carbocycles. The molecule has 194 valence electrons. The number of hydrogen-bond donors (Lipinski definition) is 2. The van der Waals surface area contributed by atoms with Gasteiger partial charge < -0.3 is 15.2 Å². The number of rotatable bonds is 10. The minimum absolute atomic E-state index is 0.0830. The summed E-state index contributed by atoms with van der Waals surface area (Å²) in [5.74, 6) is -0.406. The normalized spacial score (nSPS) is 11.8. The first kappa shape index (κ1) is 26.4. The maximum Gasteiger partial charge on any atom is 0.405 e. The fourth-order valence-electron chi connectivity index (χ4n) is 3.71. The number of carbonyl (C=O) groups is 2. The van der Waals surface area contributed by atoms with E-state index in [0.29, 0.717) is 17.9 Å². The summed E-state index contributed by atoms with van der Waals surface area (Å²) < 4.78 is 37.7. The van der Waals surface area contributed by atoms with E-state index in [1.54, 1.807) is 30.3 Å². The second-order valence-electron chi connectivity index (χ2n) is 8.41. The highest BCUT2D eigenvalue weighted by Gasteiger charge is 2.27. The lowest BCUT2D eigenvalue weighted by Crippen LogP contribution is -2.42. The predicted molar refractivity (Wildman–Crippen MR) is 143 cm³/mol. The van der Waals surface area contributed by atoms with Crippen LogP contribution >= 0.6 is 0 Å². The third kappa shape index (κ3) is 7.21. The van der Waals surface area contributed by atoms with Crippen LogP contribution in [-0.4, -0.2) is 26.5 Å². The number of hydrogen-bond acceptors (Lipinski definition) is 6. The van der Waals surface area contributed by atoms with Gasteiger partial charge in [0.05, 0.1) is 4.90 Å². The van der Waals surface area contributed by atoms with Crippen LogP contribution in [0, 0.1) is 0 Å². The lowest BCUT2D eigenvalue weighted by atomic mass is 10.0. The summed E-state index contributed by atoms with van der Waals surface area (Å²) in [6, 6.07) is 32.4. The SMILES string of the molecule is NC(=O)OC(Cc1ccc(OCc2ccc(-c3ccccc3)cc2)cc1)C(=O)NS(=O)(=O)c1ccccc1. The highest BCUT2D eigenvalue weighted by molar-refractivity contribution is 7.90. The number of primary amides is 1. The van der Waals surface area contributed by atoms with Crippen molar-refractivity contribution >= 4 is 22.0 Å². The Hall–Kier alpha value is -4.63. The molecule has 4 aromatic rings. The minimum Gasteiger partial charge on any atom is -0.489 e. The van der Waals surface area contributed by atoms with Crippen molar-refractivity contribution in [2.75, 3.05) is 0 Å². The molecule has 0 aliphatic heterocycles. The molecule has 2 amide bonds. The van der Waals surface area contributed by atoms with Crippen molar-refractivity contribution in [3.63, 3.8) is 0 Å². The van der Waals surface area contributed by atoms with E-state index in [1.807, 2.05) is 47.2 Å². The molecule has 4 aromatic carbocycles. The van der Waals surface area contributed by atoms with Gasteiger partial charge in [0, 0.05) is 6.42 Å². The van der Waals surface area contributed by atoms with Gasteiger partial charge >= 0.3 is 6.09 Å². The Morgan fingerprint density at radius 2 is 1.29 bits per heavy atom. The third-order valence-electron chi connectivity index (χ3n) is 5.65. The first-order valence-corrected chi connectivity index (χ1v) is 13.2. The van der Waals surface area contributed by atoms with Gasteiger partial charge in [0.15, 0.2) is 6.10 Å². The van der Waals surface area contributed by atoms with Gasteiger partial charge in [-0.3, -0.25) is 4.79 Å². The van der Waals surface area contributed by atoms with E-state index in [4.69, 9.17) is 15.2 Å². The molecule has 0 radical (unpaired) electrons. The van der Waals surface area contributed by atoms with E-state index in [2.05, 4.69) is 12.1 Å². The van der Waals surface area contributed by atoms with Crippen LogP contribution in [0.3, 0.4) is 0 Å². The van der Waals surface area contributed by atoms with Crippen molar-refractivity contribution in [2.24, 2.45) is 5.73 Å². The smallest absolute Gasteiger partial charge is 0.405 e. The molecule has 4 rings (SSSR count). The van der Waals surface area contributed by atoms with Crippen molar-refractivity contribution in [3.05, 3.63) is 120 Å². The van der Waals surface area contributed by atoms with Crippen molar-refractivity contribution < 1.29 is 27.5 Å². The minimum atomic E-state index is -4.14. The molecule has 0 spiro atoms. The topological polar surface area (TPSA) is 125 Å². The number of benzene rings is 4. The summed E-state index contributed by atoms with van der Waals surface area (Å²) in [5, 5.41) is 0. The Balaban J connectivity index is 1.36. The monoisotopic (exact) mass is 530 g/mol. The third-order valence-corrected chi connectivity index (χ3v) is 7.01. The molecular formula is C29H26N2O6S. The van der Waals surface area contributed by atoms with Crippen molar-refractivity contribution in [1.82, 2.24) is 4.72 Å². The Morgan fingerprint density at radius 1 is 0.737 bits per heavy atom. The van der Waals surface area contributed by atoms with Gasteiger partial charge in [0.2, 0.25) is 0 Å². The van der Waals surface area contributed by atoms with Gasteiger partial charge in [-0.1, -0.05) is 84.9 Å². The summed E-state index contributed by atoms with van der Waals surface area (Å²) in [4.78, 5) is 23.9. The average Bonchev–Trinajstić information content (AvgIpc) is 2.93. The molecule has 38 heavy (non-hydrogen) atoms. The largest absolute Gasteiger partial charge is 0.489 e. The molecule has 0 bridgehead atoms. The van der Waals surface area contributed by atoms with E-state index in [1.165, 1.54) is 24.3 Å². The number of nitrogens with two attached hydrogens (primary N) is 1. The van der Waals surface area contributed by atoms with Crippen molar-refractivity contribution in [3.8, 4) is 16.9 Å². The summed E-state index contributed by atoms with van der Waals surface area (Å²) in [5.41, 5.74) is 8.98. The molecule has 0 saturated carbocycles. The molecule has 0 fully saturated rings.